The predicted octanol–water partition coefficient (Wildman–Crippen LogP) is 3.50. The Labute approximate surface area is 104 Å². The van der Waals surface area contributed by atoms with Crippen LogP contribution in [-0.4, -0.2) is 11.9 Å². The Balaban J connectivity index is 2.49. The van der Waals surface area contributed by atoms with Gasteiger partial charge in [0.05, 0.1) is 0 Å². The van der Waals surface area contributed by atoms with Crippen LogP contribution in [0.15, 0.2) is 24.3 Å². The van der Waals surface area contributed by atoms with Crippen molar-refractivity contribution in [1.29, 1.82) is 0 Å². The normalized spacial score (nSPS) is 21.1. The lowest BCUT2D eigenvalue weighted by Crippen LogP contribution is -2.33. The first-order valence-corrected chi connectivity index (χ1v) is 6.33. The average Bonchev–Trinajstić information content (AvgIpc) is 2.57. The van der Waals surface area contributed by atoms with Crippen LogP contribution in [0.2, 0.25) is 0 Å². The molecule has 1 fully saturated rings. The minimum absolute atomic E-state index is 0.0686. The summed E-state index contributed by atoms with van der Waals surface area (Å²) in [5.74, 6) is 0.259. The molecule has 2 nitrogen and oxygen atoms in total. The van der Waals surface area contributed by atoms with E-state index < -0.39 is 0 Å². The van der Waals surface area contributed by atoms with Crippen molar-refractivity contribution in [3.8, 4) is 0 Å². The van der Waals surface area contributed by atoms with Crippen molar-refractivity contribution in [3.05, 3.63) is 29.8 Å². The van der Waals surface area contributed by atoms with Crippen LogP contribution in [-0.2, 0) is 10.2 Å². The maximum atomic E-state index is 12.0. The Morgan fingerprint density at radius 3 is 2.41 bits per heavy atom. The van der Waals surface area contributed by atoms with Gasteiger partial charge in [0, 0.05) is 18.2 Å². The molecule has 1 aromatic rings. The largest absolute Gasteiger partial charge is 0.309 e. The second kappa shape index (κ2) is 4.17. The van der Waals surface area contributed by atoms with Crippen LogP contribution >= 0.6 is 0 Å². The fourth-order valence-electron chi connectivity index (χ4n) is 2.52. The molecule has 92 valence electrons. The molecule has 1 aliphatic heterocycles. The molecule has 0 radical (unpaired) electrons. The van der Waals surface area contributed by atoms with E-state index in [0.29, 0.717) is 12.5 Å². The number of hydrogen-bond acceptors (Lipinski definition) is 1. The van der Waals surface area contributed by atoms with E-state index in [1.54, 1.807) is 0 Å². The van der Waals surface area contributed by atoms with Crippen LogP contribution in [0.1, 0.15) is 46.1 Å². The highest BCUT2D eigenvalue weighted by Crippen LogP contribution is 2.35. The summed E-state index contributed by atoms with van der Waals surface area (Å²) in [5, 5.41) is 0. The predicted molar refractivity (Wildman–Crippen MR) is 71.3 cm³/mol. The first kappa shape index (κ1) is 12.2. The van der Waals surface area contributed by atoms with Crippen LogP contribution in [0.3, 0.4) is 0 Å². The van der Waals surface area contributed by atoms with Gasteiger partial charge in [-0.15, -0.1) is 0 Å². The van der Waals surface area contributed by atoms with Crippen molar-refractivity contribution in [3.63, 3.8) is 0 Å². The van der Waals surface area contributed by atoms with Crippen LogP contribution in [0.4, 0.5) is 5.69 Å². The molecule has 0 bridgehead atoms. The molecule has 0 aliphatic carbocycles. The smallest absolute Gasteiger partial charge is 0.227 e. The van der Waals surface area contributed by atoms with Crippen molar-refractivity contribution < 1.29 is 4.79 Å². The molecule has 1 aliphatic rings. The zero-order valence-electron chi connectivity index (χ0n) is 11.2. The van der Waals surface area contributed by atoms with Crippen molar-refractivity contribution in [1.82, 2.24) is 0 Å². The first-order chi connectivity index (χ1) is 7.91. The van der Waals surface area contributed by atoms with Crippen molar-refractivity contribution in [2.24, 2.45) is 0 Å². The number of carbonyl (C=O) groups is 1. The van der Waals surface area contributed by atoms with E-state index in [0.717, 1.165) is 12.1 Å². The van der Waals surface area contributed by atoms with Crippen LogP contribution in [0.5, 0.6) is 0 Å². The van der Waals surface area contributed by atoms with Gasteiger partial charge in [0.25, 0.3) is 0 Å². The van der Waals surface area contributed by atoms with Gasteiger partial charge in [-0.25, -0.2) is 0 Å². The van der Waals surface area contributed by atoms with E-state index >= 15 is 0 Å². The van der Waals surface area contributed by atoms with E-state index in [4.69, 9.17) is 0 Å². The fraction of sp³-hybridized carbons (Fsp3) is 0.533. The molecule has 0 spiro atoms. The number of carbonyl (C=O) groups excluding carboxylic acids is 1. The van der Waals surface area contributed by atoms with Gasteiger partial charge >= 0.3 is 0 Å². The molecule has 2 heteroatoms. The summed E-state index contributed by atoms with van der Waals surface area (Å²) in [6, 6.07) is 8.59. The van der Waals surface area contributed by atoms with Gasteiger partial charge in [-0.3, -0.25) is 4.79 Å². The third kappa shape index (κ3) is 2.21. The summed E-state index contributed by atoms with van der Waals surface area (Å²) in [4.78, 5) is 14.0. The van der Waals surface area contributed by atoms with Gasteiger partial charge in [-0.1, -0.05) is 39.0 Å². The highest BCUT2D eigenvalue weighted by atomic mass is 16.2. The van der Waals surface area contributed by atoms with E-state index in [1.807, 2.05) is 11.0 Å². The number of para-hydroxylation sites is 1. The lowest BCUT2D eigenvalue weighted by atomic mass is 9.85. The van der Waals surface area contributed by atoms with Crippen molar-refractivity contribution >= 4 is 11.6 Å². The topological polar surface area (TPSA) is 20.3 Å². The number of hydrogen-bond donors (Lipinski definition) is 0. The zero-order valence-corrected chi connectivity index (χ0v) is 11.2. The Bertz CT molecular complexity index is 431. The van der Waals surface area contributed by atoms with Crippen LogP contribution in [0, 0.1) is 0 Å². The quantitative estimate of drug-likeness (QED) is 0.724. The Hall–Kier alpha value is -1.31. The molecule has 1 amide bonds. The Morgan fingerprint density at radius 1 is 1.24 bits per heavy atom. The fourth-order valence-corrected chi connectivity index (χ4v) is 2.52. The molecule has 0 N–H and O–H groups in total. The number of amides is 1. The number of benzene rings is 1. The van der Waals surface area contributed by atoms with Crippen molar-refractivity contribution in [2.75, 3.05) is 4.90 Å². The molecular formula is C15H21NO. The first-order valence-electron chi connectivity index (χ1n) is 6.33. The summed E-state index contributed by atoms with van der Waals surface area (Å²) in [7, 11) is 0. The van der Waals surface area contributed by atoms with E-state index in [-0.39, 0.29) is 11.3 Å². The molecule has 2 rings (SSSR count). The molecule has 17 heavy (non-hydrogen) atoms. The summed E-state index contributed by atoms with van der Waals surface area (Å²) in [6.45, 7) is 8.70. The van der Waals surface area contributed by atoms with Crippen molar-refractivity contribution in [2.45, 2.75) is 52.0 Å². The Kier molecular flexibility index (Phi) is 2.98. The van der Waals surface area contributed by atoms with Gasteiger partial charge in [-0.2, -0.15) is 0 Å². The lowest BCUT2D eigenvalue weighted by Gasteiger charge is -2.30. The van der Waals surface area contributed by atoms with E-state index in [2.05, 4.69) is 45.9 Å². The molecule has 0 saturated carbocycles. The lowest BCUT2D eigenvalue weighted by molar-refractivity contribution is -0.117. The summed E-state index contributed by atoms with van der Waals surface area (Å²) < 4.78 is 0. The zero-order chi connectivity index (χ0) is 12.6. The van der Waals surface area contributed by atoms with Gasteiger partial charge in [-0.05, 0) is 30.4 Å². The Morgan fingerprint density at radius 2 is 1.88 bits per heavy atom. The highest BCUT2D eigenvalue weighted by molar-refractivity contribution is 5.97. The van der Waals surface area contributed by atoms with Gasteiger partial charge in [0.1, 0.15) is 0 Å². The molecule has 1 saturated heterocycles. The van der Waals surface area contributed by atoms with Gasteiger partial charge in [0.15, 0.2) is 0 Å². The maximum absolute atomic E-state index is 12.0. The van der Waals surface area contributed by atoms with Gasteiger partial charge in [0.2, 0.25) is 5.91 Å². The molecular weight excluding hydrogens is 210 g/mol. The summed E-state index contributed by atoms with van der Waals surface area (Å²) in [5.41, 5.74) is 2.41. The third-order valence-electron chi connectivity index (χ3n) is 3.46. The maximum Gasteiger partial charge on any atom is 0.227 e. The number of rotatable bonds is 1. The van der Waals surface area contributed by atoms with Gasteiger partial charge < -0.3 is 4.90 Å². The van der Waals surface area contributed by atoms with Crippen LogP contribution < -0.4 is 4.90 Å². The monoisotopic (exact) mass is 231 g/mol. The second-order valence-electron chi connectivity index (χ2n) is 5.92. The molecule has 0 aromatic heterocycles. The molecule has 0 unspecified atom stereocenters. The molecule has 1 aromatic carbocycles. The van der Waals surface area contributed by atoms with E-state index in [9.17, 15) is 4.79 Å². The average molecular weight is 231 g/mol. The minimum Gasteiger partial charge on any atom is -0.309 e. The second-order valence-corrected chi connectivity index (χ2v) is 5.92. The van der Waals surface area contributed by atoms with E-state index in [1.165, 1.54) is 5.56 Å². The summed E-state index contributed by atoms with van der Waals surface area (Å²) >= 11 is 0. The standard InChI is InChI=1S/C15H21NO/c1-11-9-10-14(17)16(11)13-8-6-5-7-12(13)15(2,3)4/h5-8,11H,9-10H2,1-4H3/t11-/m0/s1. The SMILES string of the molecule is C[C@H]1CCC(=O)N1c1ccccc1C(C)(C)C. The number of anilines is 1. The highest BCUT2D eigenvalue weighted by Gasteiger charge is 2.32. The number of nitrogens with zero attached hydrogens (tertiary/aromatic N) is 1. The van der Waals surface area contributed by atoms with Crippen LogP contribution in [0.25, 0.3) is 0 Å². The minimum atomic E-state index is 0.0686. The molecule has 1 heterocycles. The summed E-state index contributed by atoms with van der Waals surface area (Å²) in [6.07, 6.45) is 1.65. The third-order valence-corrected chi connectivity index (χ3v) is 3.46. The molecule has 1 atom stereocenters.